The second-order valence-electron chi connectivity index (χ2n) is 9.08. The maximum absolute atomic E-state index is 6.24. The Hall–Kier alpha value is -2.94. The van der Waals surface area contributed by atoms with Gasteiger partial charge in [0.2, 0.25) is 5.75 Å². The highest BCUT2D eigenvalue weighted by Crippen LogP contribution is 2.39. The molecule has 1 unspecified atom stereocenters. The fraction of sp³-hybridized carbons (Fsp3) is 0.367. The van der Waals surface area contributed by atoms with Crippen molar-refractivity contribution in [2.24, 2.45) is 0 Å². The second-order valence-corrected chi connectivity index (χ2v) is 9.08. The number of nitrogens with zero attached hydrogens (tertiary/aromatic N) is 1. The first-order chi connectivity index (χ1) is 17.5. The first-order valence-electron chi connectivity index (χ1n) is 12.2. The lowest BCUT2D eigenvalue weighted by molar-refractivity contribution is -0.536. The summed E-state index contributed by atoms with van der Waals surface area (Å²) in [7, 11) is 8.79. The topological polar surface area (TPSA) is 49.2 Å². The molecule has 3 aromatic rings. The van der Waals surface area contributed by atoms with Gasteiger partial charge in [-0.25, -0.2) is 4.58 Å². The van der Waals surface area contributed by atoms with Gasteiger partial charge in [0.1, 0.15) is 13.7 Å². The first kappa shape index (κ1) is 28.6. The summed E-state index contributed by atoms with van der Waals surface area (Å²) in [5, 5.41) is 0. The van der Waals surface area contributed by atoms with Crippen molar-refractivity contribution in [1.82, 2.24) is 0 Å². The molecule has 0 saturated carbocycles. The number of likely N-dealkylation sites (N-methyl/N-ethyl adjacent to an activating group) is 1. The molecular formula is C30H37INO5+. The summed E-state index contributed by atoms with van der Waals surface area (Å²) in [6.07, 6.45) is 2.64. The van der Waals surface area contributed by atoms with Crippen molar-refractivity contribution in [3.63, 3.8) is 0 Å². The number of methoxy groups -OCH3 is 4. The van der Waals surface area contributed by atoms with Gasteiger partial charge in [0.15, 0.2) is 34.8 Å². The van der Waals surface area contributed by atoms with Crippen molar-refractivity contribution in [3.05, 3.63) is 76.9 Å². The number of hydrogen-bond donors (Lipinski definition) is 0. The van der Waals surface area contributed by atoms with Crippen LogP contribution in [0.25, 0.3) is 0 Å². The van der Waals surface area contributed by atoms with Crippen molar-refractivity contribution in [2.45, 2.75) is 38.8 Å². The summed E-state index contributed by atoms with van der Waals surface area (Å²) in [4.78, 5) is 0. The van der Waals surface area contributed by atoms with Crippen LogP contribution < -0.4 is 23.7 Å². The molecule has 0 fully saturated rings. The number of aryl methyl sites for hydroxylation is 1. The molecule has 0 amide bonds. The molecule has 0 aromatic heterocycles. The summed E-state index contributed by atoms with van der Waals surface area (Å²) >= 11 is 0. The zero-order valence-electron chi connectivity index (χ0n) is 22.5. The number of halogens is 1. The van der Waals surface area contributed by atoms with Crippen LogP contribution in [0.3, 0.4) is 0 Å². The largest absolute Gasteiger partial charge is 0.493 e. The van der Waals surface area contributed by atoms with E-state index < -0.39 is 0 Å². The van der Waals surface area contributed by atoms with Gasteiger partial charge in [-0.2, -0.15) is 0 Å². The van der Waals surface area contributed by atoms with Gasteiger partial charge in [-0.3, -0.25) is 0 Å². The molecule has 0 spiro atoms. The molecule has 0 aliphatic carbocycles. The fourth-order valence-corrected chi connectivity index (χ4v) is 4.81. The predicted molar refractivity (Wildman–Crippen MR) is 157 cm³/mol. The van der Waals surface area contributed by atoms with Crippen LogP contribution in [-0.2, 0) is 19.4 Å². The van der Waals surface area contributed by atoms with Gasteiger partial charge in [-0.15, -0.1) is 24.0 Å². The molecule has 6 nitrogen and oxygen atoms in total. The normalized spacial score (nSPS) is 14.4. The van der Waals surface area contributed by atoms with Crippen molar-refractivity contribution in [3.8, 4) is 28.7 Å². The highest BCUT2D eigenvalue weighted by Gasteiger charge is 2.30. The lowest BCUT2D eigenvalue weighted by Crippen LogP contribution is -2.34. The first-order valence-corrected chi connectivity index (χ1v) is 12.2. The van der Waals surface area contributed by atoms with E-state index in [2.05, 4.69) is 42.8 Å². The Kier molecular flexibility index (Phi) is 10.1. The molecule has 4 rings (SSSR count). The molecule has 198 valence electrons. The molecule has 0 saturated heterocycles. The third-order valence-corrected chi connectivity index (χ3v) is 6.91. The fourth-order valence-electron chi connectivity index (χ4n) is 4.81. The smallest absolute Gasteiger partial charge is 0.203 e. The van der Waals surface area contributed by atoms with Crippen molar-refractivity contribution in [2.75, 3.05) is 35.5 Å². The van der Waals surface area contributed by atoms with E-state index >= 15 is 0 Å². The van der Waals surface area contributed by atoms with Crippen molar-refractivity contribution >= 4 is 29.7 Å². The van der Waals surface area contributed by atoms with E-state index in [1.54, 1.807) is 28.4 Å². The molecule has 1 aliphatic heterocycles. The maximum atomic E-state index is 6.24. The molecule has 0 N–H and O–H groups in total. The Labute approximate surface area is 237 Å². The minimum Gasteiger partial charge on any atom is -0.493 e. The lowest BCUT2D eigenvalue weighted by Gasteiger charge is -2.23. The standard InChI is InChI=1S/C30H36NO5.HI/c1-20-14-23-17-26(32-3)27(36-19-21-10-8-7-9-11-21)18-24(23)25(31(20)2)13-12-22-15-28(33-4)30(35-6)29(16-22)34-5;/h7-11,15-18,20H,12-14,19H2,1-6H3;1H/q+1;. The Morgan fingerprint density at radius 3 is 2.00 bits per heavy atom. The molecule has 7 heteroatoms. The van der Waals surface area contributed by atoms with Gasteiger partial charge < -0.3 is 23.7 Å². The summed E-state index contributed by atoms with van der Waals surface area (Å²) in [5.41, 5.74) is 6.02. The Morgan fingerprint density at radius 1 is 0.757 bits per heavy atom. The highest BCUT2D eigenvalue weighted by atomic mass is 127. The number of hydrogen-bond acceptors (Lipinski definition) is 5. The Bertz CT molecular complexity index is 1220. The molecule has 37 heavy (non-hydrogen) atoms. The van der Waals surface area contributed by atoms with Crippen LogP contribution in [0.4, 0.5) is 0 Å². The molecule has 1 atom stereocenters. The van der Waals surface area contributed by atoms with E-state index in [0.29, 0.717) is 29.9 Å². The third kappa shape index (κ3) is 6.32. The van der Waals surface area contributed by atoms with Crippen molar-refractivity contribution in [1.29, 1.82) is 0 Å². The van der Waals surface area contributed by atoms with Gasteiger partial charge in [0.25, 0.3) is 0 Å². The van der Waals surface area contributed by atoms with Gasteiger partial charge >= 0.3 is 0 Å². The van der Waals surface area contributed by atoms with Crippen LogP contribution in [0.1, 0.15) is 35.6 Å². The summed E-state index contributed by atoms with van der Waals surface area (Å²) < 4.78 is 30.9. The van der Waals surface area contributed by atoms with Gasteiger partial charge in [0.05, 0.1) is 28.4 Å². The van der Waals surface area contributed by atoms with E-state index in [9.17, 15) is 0 Å². The lowest BCUT2D eigenvalue weighted by atomic mass is 9.89. The third-order valence-electron chi connectivity index (χ3n) is 6.91. The van der Waals surface area contributed by atoms with Gasteiger partial charge in [0, 0.05) is 18.4 Å². The summed E-state index contributed by atoms with van der Waals surface area (Å²) in [6, 6.07) is 18.9. The monoisotopic (exact) mass is 618 g/mol. The van der Waals surface area contributed by atoms with E-state index in [1.807, 2.05) is 30.3 Å². The second kappa shape index (κ2) is 13.0. The van der Waals surface area contributed by atoms with Gasteiger partial charge in [-0.05, 0) is 54.3 Å². The maximum Gasteiger partial charge on any atom is 0.203 e. The highest BCUT2D eigenvalue weighted by molar-refractivity contribution is 14.0. The zero-order valence-corrected chi connectivity index (χ0v) is 24.8. The van der Waals surface area contributed by atoms with Crippen LogP contribution in [0.15, 0.2) is 54.6 Å². The van der Waals surface area contributed by atoms with E-state index in [4.69, 9.17) is 23.7 Å². The van der Waals surface area contributed by atoms with Crippen LogP contribution in [-0.4, -0.2) is 51.8 Å². The van der Waals surface area contributed by atoms with E-state index in [-0.39, 0.29) is 24.0 Å². The van der Waals surface area contributed by atoms with Crippen LogP contribution in [0.5, 0.6) is 28.7 Å². The molecule has 0 bridgehead atoms. The molecule has 3 aromatic carbocycles. The van der Waals surface area contributed by atoms with Gasteiger partial charge in [-0.1, -0.05) is 30.3 Å². The molecule has 0 radical (unpaired) electrons. The minimum atomic E-state index is 0. The molecular weight excluding hydrogens is 581 g/mol. The van der Waals surface area contributed by atoms with Crippen molar-refractivity contribution < 1.29 is 28.3 Å². The Morgan fingerprint density at radius 2 is 1.41 bits per heavy atom. The van der Waals surface area contributed by atoms with E-state index in [0.717, 1.165) is 41.9 Å². The number of ether oxygens (including phenoxy) is 5. The van der Waals surface area contributed by atoms with Crippen LogP contribution in [0.2, 0.25) is 0 Å². The average Bonchev–Trinajstić information content (AvgIpc) is 2.91. The zero-order chi connectivity index (χ0) is 25.7. The molecule has 1 heterocycles. The Balaban J connectivity index is 0.00000380. The number of benzene rings is 3. The van der Waals surface area contributed by atoms with E-state index in [1.165, 1.54) is 16.8 Å². The SMILES string of the molecule is COc1cc2c(cc1OCc1ccccc1)C(CCc1cc(OC)c(OC)c(OC)c1)=[N+](C)C(C)C2.I. The van der Waals surface area contributed by atoms with Crippen LogP contribution in [0, 0.1) is 0 Å². The minimum absolute atomic E-state index is 0. The molecule has 1 aliphatic rings. The average molecular weight is 619 g/mol. The predicted octanol–water partition coefficient (Wildman–Crippen LogP) is 5.93. The van der Waals surface area contributed by atoms with Crippen LogP contribution >= 0.6 is 24.0 Å². The quantitative estimate of drug-likeness (QED) is 0.209. The number of fused-ring (bicyclic) bond motifs is 1. The number of rotatable bonds is 10. The summed E-state index contributed by atoms with van der Waals surface area (Å²) in [5.74, 6) is 3.48. The summed E-state index contributed by atoms with van der Waals surface area (Å²) in [6.45, 7) is 2.75.